The molecule has 1 N–H and O–H groups in total. The van der Waals surface area contributed by atoms with E-state index in [0.29, 0.717) is 21.9 Å². The van der Waals surface area contributed by atoms with Crippen LogP contribution < -0.4 is 4.74 Å². The van der Waals surface area contributed by atoms with Gasteiger partial charge in [-0.25, -0.2) is 4.79 Å². The van der Waals surface area contributed by atoms with E-state index in [4.69, 9.17) is 26.2 Å². The van der Waals surface area contributed by atoms with E-state index < -0.39 is 12.1 Å². The van der Waals surface area contributed by atoms with Crippen LogP contribution in [0.4, 0.5) is 13.2 Å². The zero-order chi connectivity index (χ0) is 27.9. The van der Waals surface area contributed by atoms with Gasteiger partial charge < -0.3 is 14.7 Å². The number of likely N-dealkylation sites (tertiary alicyclic amines) is 2. The first-order valence-corrected chi connectivity index (χ1v) is 13.0. The number of aliphatic carboxylic acids is 1. The van der Waals surface area contributed by atoms with Gasteiger partial charge in [-0.2, -0.15) is 13.2 Å². The molecule has 2 heterocycles. The topological polar surface area (TPSA) is 70.1 Å². The lowest BCUT2D eigenvalue weighted by molar-refractivity contribution is -0.192. The molecule has 0 radical (unpaired) electrons. The number of amides is 1. The lowest BCUT2D eigenvalue weighted by atomic mass is 9.77. The number of ether oxygens (including phenoxy) is 1. The Morgan fingerprint density at radius 3 is 2.21 bits per heavy atom. The fraction of sp³-hybridized carbons (Fsp3) is 0.500. The molecule has 6 nitrogen and oxygen atoms in total. The molecule has 0 unspecified atom stereocenters. The number of alkyl halides is 3. The van der Waals surface area contributed by atoms with Crippen LogP contribution in [0.15, 0.2) is 48.5 Å². The summed E-state index contributed by atoms with van der Waals surface area (Å²) in [6.07, 6.45) is -1.76. The van der Waals surface area contributed by atoms with Crippen LogP contribution in [-0.4, -0.2) is 65.7 Å². The molecule has 38 heavy (non-hydrogen) atoms. The zero-order valence-corrected chi connectivity index (χ0v) is 22.4. The third-order valence-corrected chi connectivity index (χ3v) is 7.24. The monoisotopic (exact) mass is 554 g/mol. The van der Waals surface area contributed by atoms with Gasteiger partial charge in [-0.15, -0.1) is 0 Å². The predicted octanol–water partition coefficient (Wildman–Crippen LogP) is 6.14. The Labute approximate surface area is 226 Å². The number of nitrogens with zero attached hydrogens (tertiary/aromatic N) is 2. The summed E-state index contributed by atoms with van der Waals surface area (Å²) in [5.41, 5.74) is 2.21. The van der Waals surface area contributed by atoms with Crippen LogP contribution in [0, 0.1) is 11.3 Å². The molecular formula is C28H34ClF3N2O4. The van der Waals surface area contributed by atoms with Crippen molar-refractivity contribution in [2.75, 3.05) is 32.8 Å². The van der Waals surface area contributed by atoms with Crippen molar-refractivity contribution in [1.82, 2.24) is 9.80 Å². The molecule has 1 spiro atoms. The number of para-hydroxylation sites is 1. The van der Waals surface area contributed by atoms with Gasteiger partial charge in [0.1, 0.15) is 5.75 Å². The average Bonchev–Trinajstić information content (AvgIpc) is 3.25. The average molecular weight is 555 g/mol. The van der Waals surface area contributed by atoms with Crippen LogP contribution in [-0.2, 0) is 11.3 Å². The minimum Gasteiger partial charge on any atom is -0.493 e. The summed E-state index contributed by atoms with van der Waals surface area (Å²) in [5.74, 6) is -1.17. The second kappa shape index (κ2) is 12.8. The van der Waals surface area contributed by atoms with Crippen LogP contribution in [0.5, 0.6) is 5.75 Å². The van der Waals surface area contributed by atoms with Crippen molar-refractivity contribution >= 4 is 23.5 Å². The molecule has 0 atom stereocenters. The normalized spacial score (nSPS) is 17.3. The smallest absolute Gasteiger partial charge is 0.490 e. The van der Waals surface area contributed by atoms with Gasteiger partial charge in [0, 0.05) is 31.7 Å². The summed E-state index contributed by atoms with van der Waals surface area (Å²) in [5, 5.41) is 7.66. The maximum atomic E-state index is 12.9. The van der Waals surface area contributed by atoms with Crippen molar-refractivity contribution in [2.24, 2.45) is 11.3 Å². The summed E-state index contributed by atoms with van der Waals surface area (Å²) in [6.45, 7) is 9.86. The van der Waals surface area contributed by atoms with Gasteiger partial charge in [0.25, 0.3) is 5.91 Å². The number of hydrogen-bond donors (Lipinski definition) is 1. The minimum atomic E-state index is -5.08. The minimum absolute atomic E-state index is 0.0616. The number of carbonyl (C=O) groups excluding carboxylic acids is 1. The van der Waals surface area contributed by atoms with Gasteiger partial charge in [-0.1, -0.05) is 55.8 Å². The van der Waals surface area contributed by atoms with Crippen LogP contribution in [0.3, 0.4) is 0 Å². The molecule has 0 bridgehead atoms. The summed E-state index contributed by atoms with van der Waals surface area (Å²) >= 11 is 6.24. The molecule has 1 amide bonds. The van der Waals surface area contributed by atoms with Gasteiger partial charge in [-0.05, 0) is 55.3 Å². The molecule has 2 aliphatic heterocycles. The first-order valence-electron chi connectivity index (χ1n) is 12.7. The lowest BCUT2D eigenvalue weighted by Crippen LogP contribution is -2.44. The molecule has 0 aromatic heterocycles. The van der Waals surface area contributed by atoms with Crippen molar-refractivity contribution in [3.63, 3.8) is 0 Å². The molecule has 2 aliphatic rings. The molecule has 2 aromatic rings. The molecule has 4 rings (SSSR count). The van der Waals surface area contributed by atoms with E-state index >= 15 is 0 Å². The van der Waals surface area contributed by atoms with E-state index in [-0.39, 0.29) is 5.91 Å². The van der Waals surface area contributed by atoms with Crippen molar-refractivity contribution in [2.45, 2.75) is 45.8 Å². The zero-order valence-electron chi connectivity index (χ0n) is 21.6. The molecule has 2 fully saturated rings. The standard InChI is InChI=1S/C26H33ClN2O2.C2HF3O2/c1-20(2)18-31-24-10-6-3-7-21(24)17-28-14-11-26(19-28)12-15-29(16-13-26)25(30)22-8-4-5-9-23(22)27;3-2(4,5)1(6)7/h3-10,20H,11-19H2,1-2H3;(H,6,7). The van der Waals surface area contributed by atoms with Crippen molar-refractivity contribution < 1.29 is 32.6 Å². The second-order valence-corrected chi connectivity index (χ2v) is 10.8. The van der Waals surface area contributed by atoms with Crippen LogP contribution in [0.25, 0.3) is 0 Å². The molecule has 0 aliphatic carbocycles. The summed E-state index contributed by atoms with van der Waals surface area (Å²) in [6, 6.07) is 15.8. The number of rotatable bonds is 6. The van der Waals surface area contributed by atoms with E-state index in [0.717, 1.165) is 57.9 Å². The predicted molar refractivity (Wildman–Crippen MR) is 139 cm³/mol. The van der Waals surface area contributed by atoms with Crippen LogP contribution in [0.1, 0.15) is 49.0 Å². The highest BCUT2D eigenvalue weighted by atomic mass is 35.5. The van der Waals surface area contributed by atoms with Gasteiger partial charge in [0.15, 0.2) is 0 Å². The Hall–Kier alpha value is -2.78. The highest BCUT2D eigenvalue weighted by molar-refractivity contribution is 6.33. The fourth-order valence-corrected chi connectivity index (χ4v) is 5.05. The fourth-order valence-electron chi connectivity index (χ4n) is 4.83. The van der Waals surface area contributed by atoms with E-state index in [1.54, 1.807) is 6.07 Å². The SMILES string of the molecule is CC(C)COc1ccccc1CN1CCC2(CCN(C(=O)c3ccccc3Cl)CC2)C1.O=C(O)C(F)(F)F. The first-order chi connectivity index (χ1) is 17.9. The first kappa shape index (κ1) is 29.8. The summed E-state index contributed by atoms with van der Waals surface area (Å²) in [7, 11) is 0. The highest BCUT2D eigenvalue weighted by Crippen LogP contribution is 2.41. The van der Waals surface area contributed by atoms with Crippen LogP contribution >= 0.6 is 11.6 Å². The number of benzene rings is 2. The van der Waals surface area contributed by atoms with E-state index in [2.05, 4.69) is 43.0 Å². The maximum Gasteiger partial charge on any atom is 0.490 e. The van der Waals surface area contributed by atoms with Gasteiger partial charge >= 0.3 is 12.1 Å². The Morgan fingerprint density at radius 2 is 1.61 bits per heavy atom. The lowest BCUT2D eigenvalue weighted by Gasteiger charge is -2.39. The quantitative estimate of drug-likeness (QED) is 0.465. The molecule has 208 valence electrons. The van der Waals surface area contributed by atoms with E-state index in [1.165, 1.54) is 12.0 Å². The molecule has 2 aromatic carbocycles. The Bertz CT molecular complexity index is 1100. The summed E-state index contributed by atoms with van der Waals surface area (Å²) < 4.78 is 37.8. The molecular weight excluding hydrogens is 521 g/mol. The Balaban J connectivity index is 0.000000505. The van der Waals surface area contributed by atoms with Crippen LogP contribution in [0.2, 0.25) is 5.02 Å². The largest absolute Gasteiger partial charge is 0.493 e. The highest BCUT2D eigenvalue weighted by Gasteiger charge is 2.41. The molecule has 2 saturated heterocycles. The number of halogens is 4. The van der Waals surface area contributed by atoms with Gasteiger partial charge in [0.05, 0.1) is 17.2 Å². The number of hydrogen-bond acceptors (Lipinski definition) is 4. The maximum absolute atomic E-state index is 12.9. The number of piperidine rings is 1. The van der Waals surface area contributed by atoms with Gasteiger partial charge in [-0.3, -0.25) is 9.69 Å². The van der Waals surface area contributed by atoms with E-state index in [9.17, 15) is 18.0 Å². The number of carboxylic acid groups (broad SMARTS) is 1. The third-order valence-electron chi connectivity index (χ3n) is 6.91. The third kappa shape index (κ3) is 8.11. The Morgan fingerprint density at radius 1 is 1.03 bits per heavy atom. The summed E-state index contributed by atoms with van der Waals surface area (Å²) in [4.78, 5) is 26.3. The molecule has 10 heteroatoms. The molecule has 0 saturated carbocycles. The number of carbonyl (C=O) groups is 2. The van der Waals surface area contributed by atoms with E-state index in [1.807, 2.05) is 23.1 Å². The van der Waals surface area contributed by atoms with Gasteiger partial charge in [0.2, 0.25) is 0 Å². The van der Waals surface area contributed by atoms with Crippen molar-refractivity contribution in [3.8, 4) is 5.75 Å². The van der Waals surface area contributed by atoms with Crippen molar-refractivity contribution in [3.05, 3.63) is 64.7 Å². The Kier molecular flexibility index (Phi) is 10.1. The second-order valence-electron chi connectivity index (χ2n) is 10.3. The van der Waals surface area contributed by atoms with Crippen molar-refractivity contribution in [1.29, 1.82) is 0 Å². The number of carboxylic acids is 1.